The Morgan fingerprint density at radius 2 is 0.590 bits per heavy atom. The molecule has 12 aromatic carbocycles. The van der Waals surface area contributed by atoms with Crippen LogP contribution in [0.1, 0.15) is 43.2 Å². The van der Waals surface area contributed by atoms with Crippen molar-refractivity contribution in [3.05, 3.63) is 278 Å². The van der Waals surface area contributed by atoms with Crippen LogP contribution in [0.3, 0.4) is 0 Å². The highest BCUT2D eigenvalue weighted by Gasteiger charge is 2.37. The molecule has 1 heterocycles. The van der Waals surface area contributed by atoms with E-state index in [9.17, 15) is 0 Å². The highest BCUT2D eigenvalue weighted by atomic mass is 31.2. The maximum atomic E-state index is 16.3. The third-order valence-electron chi connectivity index (χ3n) is 16.5. The molecule has 0 bridgehead atoms. The van der Waals surface area contributed by atoms with Gasteiger partial charge in [0, 0.05) is 38.0 Å². The number of nitrogens with zero attached hydrogens (tertiary/aromatic N) is 3. The van der Waals surface area contributed by atoms with E-state index in [2.05, 4.69) is 188 Å². The van der Waals surface area contributed by atoms with E-state index < -0.39 is 7.14 Å². The SMILES string of the molecule is O=P(c1ccccc1)(c1ccccc1)c1c2ccccc2c(-c2ccc(C3(c4ccc(-c5nc(-c6ccccc6)nc(-c6c7ccccc7c(-c7ccccc7)c7ccccc67)n5)cc4)CCCCC3)cc2)c2ccccc12. The fourth-order valence-electron chi connectivity index (χ4n) is 12.9. The predicted molar refractivity (Wildman–Crippen MR) is 327 cm³/mol. The minimum absolute atomic E-state index is 0.168. The van der Waals surface area contributed by atoms with Crippen molar-refractivity contribution in [2.75, 3.05) is 0 Å². The second-order valence-corrected chi connectivity index (χ2v) is 23.5. The molecule has 372 valence electrons. The minimum atomic E-state index is -3.35. The number of hydrogen-bond donors (Lipinski definition) is 0. The molecule has 5 heteroatoms. The Hall–Kier alpha value is -9.08. The Labute approximate surface area is 455 Å². The number of rotatable bonds is 10. The fourth-order valence-corrected chi connectivity index (χ4v) is 15.9. The Bertz CT molecular complexity index is 4250. The number of aromatic nitrogens is 3. The molecule has 1 aliphatic rings. The van der Waals surface area contributed by atoms with Gasteiger partial charge >= 0.3 is 0 Å². The van der Waals surface area contributed by atoms with Crippen LogP contribution in [-0.2, 0) is 9.98 Å². The average Bonchev–Trinajstić information content (AvgIpc) is 3.67. The molecule has 0 N–H and O–H groups in total. The van der Waals surface area contributed by atoms with Crippen LogP contribution >= 0.6 is 7.14 Å². The summed E-state index contributed by atoms with van der Waals surface area (Å²) in [7, 11) is -3.35. The maximum absolute atomic E-state index is 16.3. The van der Waals surface area contributed by atoms with Gasteiger partial charge in [0.15, 0.2) is 24.6 Å². The zero-order valence-corrected chi connectivity index (χ0v) is 44.0. The second kappa shape index (κ2) is 19.8. The summed E-state index contributed by atoms with van der Waals surface area (Å²) in [4.78, 5) is 16.0. The summed E-state index contributed by atoms with van der Waals surface area (Å²) in [5.41, 5.74) is 10.0. The lowest BCUT2D eigenvalue weighted by atomic mass is 9.65. The molecule has 1 aromatic heterocycles. The lowest BCUT2D eigenvalue weighted by Crippen LogP contribution is -2.30. The van der Waals surface area contributed by atoms with Crippen molar-refractivity contribution >= 4 is 66.1 Å². The van der Waals surface area contributed by atoms with Crippen LogP contribution in [0.5, 0.6) is 0 Å². The molecular formula is C73H54N3OP. The second-order valence-electron chi connectivity index (χ2n) is 20.8. The van der Waals surface area contributed by atoms with Crippen molar-refractivity contribution in [3.63, 3.8) is 0 Å². The third-order valence-corrected chi connectivity index (χ3v) is 19.6. The molecule has 0 unspecified atom stereocenters. The van der Waals surface area contributed by atoms with E-state index in [1.807, 2.05) is 78.9 Å². The summed E-state index contributed by atoms with van der Waals surface area (Å²) in [6.07, 6.45) is 5.67. The van der Waals surface area contributed by atoms with Crippen LogP contribution in [0.15, 0.2) is 267 Å². The molecule has 0 spiro atoms. The quantitative estimate of drug-likeness (QED) is 0.101. The highest BCUT2D eigenvalue weighted by molar-refractivity contribution is 7.86. The van der Waals surface area contributed by atoms with Crippen molar-refractivity contribution in [1.29, 1.82) is 0 Å². The standard InChI is InChI=1S/C73H54N3OP/c77-78(56-28-10-3-11-29-56,57-30-12-4-13-31-57)69-64-38-20-18-36-62(64)67(63-37-19-21-39-65(63)69)51-40-44-54(45-41-51)73(48-22-5-23-49-73)55-46-42-53(43-47-55)71-74-70(52-26-8-2-9-27-52)75-72(76-71)68-60-34-16-14-32-58(60)66(50-24-6-1-7-25-50)59-33-15-17-35-61(59)68/h1-4,6-21,24-47H,5,22-23,48-49H2. The molecule has 1 fully saturated rings. The molecule has 78 heavy (non-hydrogen) atoms. The van der Waals surface area contributed by atoms with Gasteiger partial charge in [-0.05, 0) is 89.3 Å². The van der Waals surface area contributed by atoms with Crippen molar-refractivity contribution < 1.29 is 4.57 Å². The zero-order chi connectivity index (χ0) is 52.0. The molecule has 0 aliphatic heterocycles. The van der Waals surface area contributed by atoms with Gasteiger partial charge in [0.25, 0.3) is 0 Å². The van der Waals surface area contributed by atoms with Crippen LogP contribution in [0.2, 0.25) is 0 Å². The summed E-state index contributed by atoms with van der Waals surface area (Å²) in [6, 6.07) is 94.1. The molecule has 13 aromatic rings. The third kappa shape index (κ3) is 7.98. The molecule has 1 saturated carbocycles. The lowest BCUT2D eigenvalue weighted by Gasteiger charge is -2.39. The van der Waals surface area contributed by atoms with Crippen molar-refractivity contribution in [2.24, 2.45) is 0 Å². The highest BCUT2D eigenvalue weighted by Crippen LogP contribution is 2.51. The monoisotopic (exact) mass is 1020 g/mol. The van der Waals surface area contributed by atoms with Gasteiger partial charge in [-0.25, -0.2) is 15.0 Å². The number of fused-ring (bicyclic) bond motifs is 4. The van der Waals surface area contributed by atoms with E-state index in [0.717, 1.165) is 113 Å². The summed E-state index contributed by atoms with van der Waals surface area (Å²) in [5, 5.41) is 11.3. The van der Waals surface area contributed by atoms with Crippen molar-refractivity contribution in [3.8, 4) is 56.4 Å². The summed E-state index contributed by atoms with van der Waals surface area (Å²) in [5.74, 6) is 1.93. The van der Waals surface area contributed by atoms with Crippen LogP contribution in [0.4, 0.5) is 0 Å². The van der Waals surface area contributed by atoms with Gasteiger partial charge in [0.05, 0.1) is 0 Å². The van der Waals surface area contributed by atoms with E-state index in [0.29, 0.717) is 17.5 Å². The first-order chi connectivity index (χ1) is 38.6. The molecule has 0 amide bonds. The van der Waals surface area contributed by atoms with E-state index in [4.69, 9.17) is 15.0 Å². The van der Waals surface area contributed by atoms with E-state index >= 15 is 4.57 Å². The first kappa shape index (κ1) is 47.4. The van der Waals surface area contributed by atoms with Crippen LogP contribution < -0.4 is 15.9 Å². The largest absolute Gasteiger partial charge is 0.309 e. The van der Waals surface area contributed by atoms with Crippen molar-refractivity contribution in [2.45, 2.75) is 37.5 Å². The molecule has 0 saturated heterocycles. The van der Waals surface area contributed by atoms with Gasteiger partial charge in [0.1, 0.15) is 0 Å². The summed E-state index contributed by atoms with van der Waals surface area (Å²) in [6.45, 7) is 0. The molecule has 0 radical (unpaired) electrons. The molecular weight excluding hydrogens is 966 g/mol. The van der Waals surface area contributed by atoms with Gasteiger partial charge in [-0.1, -0.05) is 286 Å². The zero-order valence-electron chi connectivity index (χ0n) is 43.1. The van der Waals surface area contributed by atoms with Gasteiger partial charge in [-0.3, -0.25) is 0 Å². The smallest absolute Gasteiger partial charge is 0.172 e. The van der Waals surface area contributed by atoms with Gasteiger partial charge in [0.2, 0.25) is 0 Å². The van der Waals surface area contributed by atoms with Gasteiger partial charge in [-0.15, -0.1) is 0 Å². The van der Waals surface area contributed by atoms with Gasteiger partial charge in [-0.2, -0.15) is 0 Å². The van der Waals surface area contributed by atoms with E-state index in [-0.39, 0.29) is 5.41 Å². The Morgan fingerprint density at radius 1 is 0.282 bits per heavy atom. The Balaban J connectivity index is 0.879. The van der Waals surface area contributed by atoms with Crippen LogP contribution in [0, 0.1) is 0 Å². The first-order valence-corrected chi connectivity index (χ1v) is 29.0. The van der Waals surface area contributed by atoms with Crippen molar-refractivity contribution in [1.82, 2.24) is 15.0 Å². The normalized spacial score (nSPS) is 13.5. The molecule has 4 nitrogen and oxygen atoms in total. The summed E-state index contributed by atoms with van der Waals surface area (Å²) >= 11 is 0. The molecule has 1 aliphatic carbocycles. The van der Waals surface area contributed by atoms with E-state index in [1.165, 1.54) is 28.7 Å². The maximum Gasteiger partial charge on any atom is 0.172 e. The number of hydrogen-bond acceptors (Lipinski definition) is 4. The first-order valence-electron chi connectivity index (χ1n) is 27.2. The lowest BCUT2D eigenvalue weighted by molar-refractivity contribution is 0.346. The fraction of sp³-hybridized carbons (Fsp3) is 0.0822. The van der Waals surface area contributed by atoms with E-state index in [1.54, 1.807) is 0 Å². The molecule has 14 rings (SSSR count). The van der Waals surface area contributed by atoms with Crippen LogP contribution in [-0.4, -0.2) is 15.0 Å². The minimum Gasteiger partial charge on any atom is -0.309 e. The Morgan fingerprint density at radius 3 is 1.03 bits per heavy atom. The van der Waals surface area contributed by atoms with Gasteiger partial charge < -0.3 is 4.57 Å². The topological polar surface area (TPSA) is 55.7 Å². The molecule has 0 atom stereocenters. The summed E-state index contributed by atoms with van der Waals surface area (Å²) < 4.78 is 16.3. The average molecular weight is 1020 g/mol. The predicted octanol–water partition coefficient (Wildman–Crippen LogP) is 17.7. The van der Waals surface area contributed by atoms with Crippen LogP contribution in [0.25, 0.3) is 99.5 Å². The Kier molecular flexibility index (Phi) is 12.0. The number of benzene rings is 12.